The number of para-hydroxylation sites is 1. The van der Waals surface area contributed by atoms with Crippen LogP contribution in [0.25, 0.3) is 17.0 Å². The highest BCUT2D eigenvalue weighted by Gasteiger charge is 2.28. The van der Waals surface area contributed by atoms with Crippen molar-refractivity contribution >= 4 is 51.8 Å². The molecule has 4 aromatic rings. The Morgan fingerprint density at radius 3 is 2.47 bits per heavy atom. The molecule has 1 N–H and O–H groups in total. The highest BCUT2D eigenvalue weighted by atomic mass is 35.5. The van der Waals surface area contributed by atoms with E-state index in [4.69, 9.17) is 4.74 Å². The molecule has 0 fully saturated rings. The molecule has 51 heavy (non-hydrogen) atoms. The van der Waals surface area contributed by atoms with Crippen LogP contribution in [0, 0.1) is 20.2 Å². The number of nitro benzene ring substituents is 2. The van der Waals surface area contributed by atoms with Gasteiger partial charge >= 0.3 is 0 Å². The maximum Gasteiger partial charge on any atom is 0.273 e. The normalized spacial score (nSPS) is 14.9. The van der Waals surface area contributed by atoms with Crippen LogP contribution in [0.1, 0.15) is 29.5 Å². The van der Waals surface area contributed by atoms with Crippen molar-refractivity contribution in [3.8, 4) is 5.75 Å². The summed E-state index contributed by atoms with van der Waals surface area (Å²) < 4.78 is 7.84. The summed E-state index contributed by atoms with van der Waals surface area (Å²) >= 11 is 0. The number of nitrogens with one attached hydrogen (secondary N) is 1. The van der Waals surface area contributed by atoms with Crippen LogP contribution in [0.2, 0.25) is 0 Å². The fourth-order valence-electron chi connectivity index (χ4n) is 5.89. The number of fused-ring (bicyclic) bond motifs is 2. The maximum absolute atomic E-state index is 12.9. The Hall–Kier alpha value is -6.41. The molecule has 3 aromatic carbocycles. The van der Waals surface area contributed by atoms with E-state index in [0.717, 1.165) is 39.2 Å². The van der Waals surface area contributed by atoms with Gasteiger partial charge in [0, 0.05) is 67.7 Å². The van der Waals surface area contributed by atoms with Gasteiger partial charge in [0.1, 0.15) is 0 Å². The summed E-state index contributed by atoms with van der Waals surface area (Å²) in [6, 6.07) is 19.0. The van der Waals surface area contributed by atoms with E-state index in [1.165, 1.54) is 18.2 Å². The summed E-state index contributed by atoms with van der Waals surface area (Å²) in [6.07, 6.45) is 9.75. The van der Waals surface area contributed by atoms with Gasteiger partial charge in [0.05, 0.1) is 32.9 Å². The highest BCUT2D eigenvalue weighted by molar-refractivity contribution is 6.12. The first-order valence-corrected chi connectivity index (χ1v) is 15.6. The number of imide groups is 1. The number of halogens is 1. The average molecular weight is 711 g/mol. The first kappa shape index (κ1) is 35.9. The van der Waals surface area contributed by atoms with E-state index >= 15 is 0 Å². The smallest absolute Gasteiger partial charge is 0.273 e. The van der Waals surface area contributed by atoms with Crippen molar-refractivity contribution in [2.24, 2.45) is 0 Å². The number of rotatable bonds is 11. The number of nitrogens with zero attached hydrogens (tertiary/aromatic N) is 5. The van der Waals surface area contributed by atoms with Crippen molar-refractivity contribution in [1.82, 2.24) is 10.2 Å². The lowest BCUT2D eigenvalue weighted by Crippen LogP contribution is -3.00. The lowest BCUT2D eigenvalue weighted by Gasteiger charge is -2.16. The lowest BCUT2D eigenvalue weighted by molar-refractivity contribution is -0.662. The minimum Gasteiger partial charge on any atom is -1.00 e. The molecule has 0 radical (unpaired) electrons. The molecule has 14 nitrogen and oxygen atoms in total. The van der Waals surface area contributed by atoms with Gasteiger partial charge < -0.3 is 27.4 Å². The van der Waals surface area contributed by atoms with Crippen LogP contribution in [0.4, 0.5) is 17.1 Å². The number of carbonyl (C=O) groups is 3. The van der Waals surface area contributed by atoms with Gasteiger partial charge in [0.25, 0.3) is 23.2 Å². The van der Waals surface area contributed by atoms with E-state index in [0.29, 0.717) is 23.7 Å². The number of amides is 3. The van der Waals surface area contributed by atoms with Gasteiger partial charge in [-0.3, -0.25) is 39.5 Å². The molecule has 0 saturated heterocycles. The molecule has 0 saturated carbocycles. The average Bonchev–Trinajstić information content (AvgIpc) is 3.60. The van der Waals surface area contributed by atoms with Gasteiger partial charge in [-0.25, -0.2) is 0 Å². The van der Waals surface area contributed by atoms with Crippen LogP contribution in [0.3, 0.4) is 0 Å². The van der Waals surface area contributed by atoms with E-state index in [1.54, 1.807) is 36.1 Å². The van der Waals surface area contributed by atoms with Crippen LogP contribution < -0.4 is 31.9 Å². The van der Waals surface area contributed by atoms with Crippen molar-refractivity contribution < 1.29 is 45.9 Å². The third-order valence-corrected chi connectivity index (χ3v) is 8.57. The molecule has 1 atom stereocenters. The third kappa shape index (κ3) is 7.45. The number of ether oxygens (including phenoxy) is 1. The summed E-state index contributed by atoms with van der Waals surface area (Å²) in [6.45, 7) is 1.91. The van der Waals surface area contributed by atoms with E-state index < -0.39 is 33.5 Å². The van der Waals surface area contributed by atoms with Gasteiger partial charge in [-0.1, -0.05) is 36.4 Å². The zero-order valence-corrected chi connectivity index (χ0v) is 28.1. The summed E-state index contributed by atoms with van der Waals surface area (Å²) in [5.41, 5.74) is 3.19. The Labute approximate surface area is 297 Å². The minimum atomic E-state index is -0.857. The number of hydrogen-bond donors (Lipinski definition) is 1. The first-order chi connectivity index (χ1) is 24.0. The zero-order chi connectivity index (χ0) is 35.5. The van der Waals surface area contributed by atoms with Crippen LogP contribution in [0.5, 0.6) is 5.75 Å². The van der Waals surface area contributed by atoms with Crippen LogP contribution >= 0.6 is 0 Å². The summed E-state index contributed by atoms with van der Waals surface area (Å²) in [5, 5.41) is 26.9. The molecule has 0 aliphatic carbocycles. The Morgan fingerprint density at radius 2 is 1.75 bits per heavy atom. The van der Waals surface area contributed by atoms with E-state index in [2.05, 4.69) is 5.32 Å². The second-order valence-electron chi connectivity index (χ2n) is 11.7. The molecule has 0 bridgehead atoms. The number of pyridine rings is 1. The Bertz CT molecular complexity index is 2160. The number of nitro groups is 2. The van der Waals surface area contributed by atoms with Crippen molar-refractivity contribution in [3.63, 3.8) is 0 Å². The SMILES string of the molecule is CC(C(=O)NCCN1C(=O)C=CC1=O)c1ccc(C[n+]2ccc(/C=C/C=C3/Oc4cc([N+](=O)[O-])ccc4N3C)c3ccccc32)cc1[N+](=O)[O-].[Cl-]. The topological polar surface area (TPSA) is 169 Å². The molecule has 1 unspecified atom stereocenters. The number of allylic oxidation sites excluding steroid dienone is 2. The number of carbonyl (C=O) groups excluding carboxylic acids is 3. The monoisotopic (exact) mass is 710 g/mol. The second kappa shape index (κ2) is 15.0. The van der Waals surface area contributed by atoms with Gasteiger partial charge in [-0.05, 0) is 30.7 Å². The minimum absolute atomic E-state index is 0. The largest absolute Gasteiger partial charge is 1.00 e. The predicted octanol–water partition coefficient (Wildman–Crippen LogP) is 1.52. The standard InChI is InChI=1S/C36H30N6O8.ClH/c1-23(36(45)37-17-19-40-33(43)14-15-34(40)44)27-12-10-24(20-31(27)42(48)49)22-39-18-16-25(28-7-3-4-8-29(28)39)6-5-9-35-38(2)30-13-11-26(41(46)47)21-32(30)50-35;/h3-16,18,20-21,23H,17,19,22H2,1-2H3;1H. The molecule has 6 rings (SSSR count). The Morgan fingerprint density at radius 1 is 1.00 bits per heavy atom. The van der Waals surface area contributed by atoms with Crippen molar-refractivity contribution in [2.75, 3.05) is 25.0 Å². The quantitative estimate of drug-likeness (QED) is 0.105. The van der Waals surface area contributed by atoms with Crippen LogP contribution in [-0.2, 0) is 20.9 Å². The van der Waals surface area contributed by atoms with E-state index in [1.807, 2.05) is 60.3 Å². The number of aromatic nitrogens is 1. The molecule has 260 valence electrons. The van der Waals surface area contributed by atoms with Gasteiger partial charge in [-0.15, -0.1) is 0 Å². The van der Waals surface area contributed by atoms with E-state index in [9.17, 15) is 34.6 Å². The van der Waals surface area contributed by atoms with Crippen LogP contribution in [-0.4, -0.2) is 52.6 Å². The fraction of sp³-hybridized carbons (Fsp3) is 0.167. The molecule has 0 spiro atoms. The molecule has 1 aromatic heterocycles. The predicted molar refractivity (Wildman–Crippen MR) is 183 cm³/mol. The number of anilines is 1. The summed E-state index contributed by atoms with van der Waals surface area (Å²) in [5.74, 6) is -1.32. The van der Waals surface area contributed by atoms with Crippen LogP contribution in [0.15, 0.2) is 103 Å². The fourth-order valence-corrected chi connectivity index (χ4v) is 5.89. The van der Waals surface area contributed by atoms with Crippen molar-refractivity contribution in [3.05, 3.63) is 140 Å². The number of benzene rings is 3. The zero-order valence-electron chi connectivity index (χ0n) is 27.4. The maximum atomic E-state index is 12.9. The molecule has 3 amide bonds. The molecule has 2 aliphatic heterocycles. The molecule has 15 heteroatoms. The number of non-ortho nitro benzene ring substituents is 1. The first-order valence-electron chi connectivity index (χ1n) is 15.6. The van der Waals surface area contributed by atoms with E-state index in [-0.39, 0.29) is 42.4 Å². The molecular weight excluding hydrogens is 680 g/mol. The van der Waals surface area contributed by atoms with Gasteiger partial charge in [-0.2, -0.15) is 4.57 Å². The molecule has 2 aliphatic rings. The molecule has 3 heterocycles. The van der Waals surface area contributed by atoms with Gasteiger partial charge in [0.15, 0.2) is 24.4 Å². The Kier molecular flexibility index (Phi) is 10.6. The van der Waals surface area contributed by atoms with Crippen molar-refractivity contribution in [1.29, 1.82) is 0 Å². The summed E-state index contributed by atoms with van der Waals surface area (Å²) in [4.78, 5) is 61.5. The van der Waals surface area contributed by atoms with Gasteiger partial charge in [0.2, 0.25) is 11.4 Å². The third-order valence-electron chi connectivity index (χ3n) is 8.57. The Balaban J connectivity index is 0.00000504. The lowest BCUT2D eigenvalue weighted by atomic mass is 9.96. The number of hydrogen-bond acceptors (Lipinski definition) is 9. The van der Waals surface area contributed by atoms with Crippen molar-refractivity contribution in [2.45, 2.75) is 19.4 Å². The molecular formula is C36H31ClN6O8. The second-order valence-corrected chi connectivity index (χ2v) is 11.7. The highest BCUT2D eigenvalue weighted by Crippen LogP contribution is 2.40. The summed E-state index contributed by atoms with van der Waals surface area (Å²) in [7, 11) is 1.81.